The highest BCUT2D eigenvalue weighted by molar-refractivity contribution is 5.95. The van der Waals surface area contributed by atoms with Gasteiger partial charge in [0.25, 0.3) is 0 Å². The van der Waals surface area contributed by atoms with Gasteiger partial charge in [0.1, 0.15) is 35.2 Å². The molecular weight excluding hydrogens is 681 g/mol. The third-order valence-electron chi connectivity index (χ3n) is 10.1. The summed E-state index contributed by atoms with van der Waals surface area (Å²) in [5, 5.41) is 66.1. The van der Waals surface area contributed by atoms with E-state index in [1.165, 1.54) is 0 Å². The van der Waals surface area contributed by atoms with E-state index in [4.69, 9.17) is 9.97 Å². The van der Waals surface area contributed by atoms with Gasteiger partial charge in [-0.15, -0.1) is 0 Å². The van der Waals surface area contributed by atoms with Crippen LogP contribution >= 0.6 is 0 Å². The summed E-state index contributed by atoms with van der Waals surface area (Å²) in [5.41, 5.74) is 9.40. The molecule has 0 saturated carbocycles. The fraction of sp³-hybridized carbons (Fsp3) is 0.0909. The Morgan fingerprint density at radius 3 is 1.37 bits per heavy atom. The van der Waals surface area contributed by atoms with Crippen molar-refractivity contribution in [3.63, 3.8) is 0 Å². The number of rotatable bonds is 4. The van der Waals surface area contributed by atoms with Crippen LogP contribution in [0.3, 0.4) is 0 Å². The first-order valence-electron chi connectivity index (χ1n) is 17.5. The minimum Gasteiger partial charge on any atom is -0.508 e. The van der Waals surface area contributed by atoms with Gasteiger partial charge in [0.05, 0.1) is 22.8 Å². The lowest BCUT2D eigenvalue weighted by Crippen LogP contribution is -2.06. The number of nitrogens with zero attached hydrogens (tertiary/aromatic N) is 2. The van der Waals surface area contributed by atoms with Gasteiger partial charge in [-0.3, -0.25) is 4.98 Å². The molecule has 0 radical (unpaired) electrons. The number of phenols is 4. The third kappa shape index (κ3) is 5.70. The number of hydrogen-bond donors (Lipinski definition) is 8. The Bertz CT molecular complexity index is 2730. The third-order valence-corrected chi connectivity index (χ3v) is 10.1. The normalized spacial score (nSPS) is 15.7. The summed E-state index contributed by atoms with van der Waals surface area (Å²) in [7, 11) is 0. The zero-order valence-electron chi connectivity index (χ0n) is 28.7. The monoisotopic (exact) mass is 714 g/mol. The van der Waals surface area contributed by atoms with E-state index in [1.54, 1.807) is 78.9 Å². The summed E-state index contributed by atoms with van der Waals surface area (Å²) >= 11 is 0. The number of aliphatic hydroxyl groups excluding tert-OH is 2. The molecule has 0 saturated heterocycles. The molecule has 2 aromatic heterocycles. The van der Waals surface area contributed by atoms with E-state index in [0.29, 0.717) is 74.3 Å². The van der Waals surface area contributed by atoms with Crippen molar-refractivity contribution in [1.82, 2.24) is 19.9 Å². The highest BCUT2D eigenvalue weighted by atomic mass is 16.3. The predicted octanol–water partition coefficient (Wildman–Crippen LogP) is 8.25. The lowest BCUT2D eigenvalue weighted by molar-refractivity contribution is 0.0259. The fourth-order valence-electron chi connectivity index (χ4n) is 7.71. The number of phenolic OH excluding ortho intramolecular Hbond substituents is 4. The Balaban J connectivity index is 1.50. The zero-order chi connectivity index (χ0) is 37.1. The predicted molar refractivity (Wildman–Crippen MR) is 207 cm³/mol. The number of aromatic amines is 2. The Morgan fingerprint density at radius 2 is 0.852 bits per heavy atom. The zero-order valence-corrected chi connectivity index (χ0v) is 28.7. The molecule has 6 aromatic rings. The van der Waals surface area contributed by atoms with Gasteiger partial charge < -0.3 is 40.6 Å². The minimum absolute atomic E-state index is 0.0110. The summed E-state index contributed by atoms with van der Waals surface area (Å²) < 4.78 is 0. The SMILES string of the molecule is Oc1cccc(-c2c3nc(c(-c4cccc(O)c4)c4ccc([nH]4)c(-c4cccc(O)c4)c4nc(c(-c5cccc(O)c5)c5[nH]c2CC5)C(O)C4O)C=C3)c1. The summed E-state index contributed by atoms with van der Waals surface area (Å²) in [5.74, 6) is 0.214. The van der Waals surface area contributed by atoms with E-state index in [1.807, 2.05) is 42.5 Å². The maximum atomic E-state index is 11.9. The van der Waals surface area contributed by atoms with Crippen LogP contribution in [0.2, 0.25) is 0 Å². The first-order chi connectivity index (χ1) is 26.2. The van der Waals surface area contributed by atoms with Crippen molar-refractivity contribution in [1.29, 1.82) is 0 Å². The van der Waals surface area contributed by atoms with E-state index < -0.39 is 12.2 Å². The number of aromatic hydroxyl groups is 4. The maximum absolute atomic E-state index is 11.9. The number of fused-ring (bicyclic) bond motifs is 8. The Kier molecular flexibility index (Phi) is 7.92. The molecule has 2 unspecified atom stereocenters. The Hall–Kier alpha value is -6.88. The molecule has 9 rings (SSSR count). The van der Waals surface area contributed by atoms with Gasteiger partial charge >= 0.3 is 0 Å². The van der Waals surface area contributed by atoms with Crippen molar-refractivity contribution >= 4 is 23.2 Å². The smallest absolute Gasteiger partial charge is 0.128 e. The largest absolute Gasteiger partial charge is 0.508 e. The van der Waals surface area contributed by atoms with Crippen LogP contribution in [0.25, 0.3) is 67.7 Å². The minimum atomic E-state index is -1.46. The van der Waals surface area contributed by atoms with E-state index in [2.05, 4.69) is 9.97 Å². The summed E-state index contributed by atoms with van der Waals surface area (Å²) in [6.07, 6.45) is 1.98. The number of H-pyrrole nitrogens is 2. The molecule has 0 fully saturated rings. The van der Waals surface area contributed by atoms with Crippen molar-refractivity contribution in [2.75, 3.05) is 0 Å². The number of nitrogens with one attached hydrogen (secondary N) is 2. The summed E-state index contributed by atoms with van der Waals surface area (Å²) in [6, 6.07) is 30.9. The van der Waals surface area contributed by atoms with Gasteiger partial charge in [0.2, 0.25) is 0 Å². The number of aryl methyl sites for hydroxylation is 2. The van der Waals surface area contributed by atoms with Crippen LogP contribution in [0.15, 0.2) is 109 Å². The molecule has 0 amide bonds. The van der Waals surface area contributed by atoms with Crippen LogP contribution in [-0.2, 0) is 12.8 Å². The average Bonchev–Trinajstić information content (AvgIpc) is 3.97. The summed E-state index contributed by atoms with van der Waals surface area (Å²) in [6.45, 7) is 0. The van der Waals surface area contributed by atoms with Crippen molar-refractivity contribution in [2.24, 2.45) is 0 Å². The van der Waals surface area contributed by atoms with Gasteiger partial charge in [-0.2, -0.15) is 0 Å². The number of benzene rings is 4. The average molecular weight is 715 g/mol. The quantitative estimate of drug-likeness (QED) is 0.0898. The van der Waals surface area contributed by atoms with Crippen molar-refractivity contribution in [3.8, 4) is 67.5 Å². The fourth-order valence-corrected chi connectivity index (χ4v) is 7.71. The van der Waals surface area contributed by atoms with E-state index >= 15 is 0 Å². The van der Waals surface area contributed by atoms with Crippen LogP contribution in [0, 0.1) is 0 Å². The molecule has 8 N–H and O–H groups in total. The summed E-state index contributed by atoms with van der Waals surface area (Å²) in [4.78, 5) is 17.3. The highest BCUT2D eigenvalue weighted by Crippen LogP contribution is 2.45. The van der Waals surface area contributed by atoms with Crippen LogP contribution in [0.5, 0.6) is 23.0 Å². The van der Waals surface area contributed by atoms with E-state index in [9.17, 15) is 30.6 Å². The van der Waals surface area contributed by atoms with Crippen molar-refractivity contribution < 1.29 is 30.6 Å². The number of hydrogen-bond acceptors (Lipinski definition) is 8. The highest BCUT2D eigenvalue weighted by Gasteiger charge is 2.35. The van der Waals surface area contributed by atoms with Gasteiger partial charge in [-0.25, -0.2) is 4.98 Å². The van der Waals surface area contributed by atoms with E-state index in [-0.39, 0.29) is 34.4 Å². The molecule has 8 bridgehead atoms. The number of aromatic nitrogens is 4. The first-order valence-corrected chi connectivity index (χ1v) is 17.5. The van der Waals surface area contributed by atoms with Crippen LogP contribution in [-0.4, -0.2) is 50.6 Å². The standard InChI is InChI=1S/C44H34N4O6/c49-27-9-1-5-23(19-27)37-31-13-14-32(45-31)38(24-6-2-10-28(50)20-24)34-16-18-36(47-34)40(26-8-4-12-30(52)22-26)42-44(54)43(53)41(48-42)39(35-17-15-33(37)46-35)25-7-3-11-29(51)21-25/h1-15,17,19-22,43-44,46-47,49-54H,16,18H2. The van der Waals surface area contributed by atoms with Crippen LogP contribution in [0.1, 0.15) is 46.4 Å². The molecule has 266 valence electrons. The molecule has 54 heavy (non-hydrogen) atoms. The molecule has 3 aliphatic heterocycles. The molecule has 0 spiro atoms. The topological polar surface area (TPSA) is 179 Å². The molecule has 10 heteroatoms. The van der Waals surface area contributed by atoms with Gasteiger partial charge in [-0.05, 0) is 108 Å². The second kappa shape index (κ2) is 13.0. The second-order valence-corrected chi connectivity index (χ2v) is 13.6. The van der Waals surface area contributed by atoms with Crippen molar-refractivity contribution in [3.05, 3.63) is 143 Å². The van der Waals surface area contributed by atoms with Crippen molar-refractivity contribution in [2.45, 2.75) is 25.0 Å². The molecule has 10 nitrogen and oxygen atoms in total. The Labute approximate surface area is 309 Å². The van der Waals surface area contributed by atoms with Crippen LogP contribution in [0.4, 0.5) is 0 Å². The first kappa shape index (κ1) is 33.0. The van der Waals surface area contributed by atoms with Gasteiger partial charge in [0, 0.05) is 44.7 Å². The molecule has 5 heterocycles. The molecule has 3 aliphatic rings. The molecular formula is C44H34N4O6. The molecule has 4 aromatic carbocycles. The van der Waals surface area contributed by atoms with Gasteiger partial charge in [0.15, 0.2) is 0 Å². The lowest BCUT2D eigenvalue weighted by atomic mass is 9.95. The lowest BCUT2D eigenvalue weighted by Gasteiger charge is -2.14. The van der Waals surface area contributed by atoms with Gasteiger partial charge in [-0.1, -0.05) is 48.5 Å². The van der Waals surface area contributed by atoms with Crippen LogP contribution < -0.4 is 0 Å². The number of aliphatic hydroxyl groups is 2. The molecule has 2 atom stereocenters. The Morgan fingerprint density at radius 1 is 0.444 bits per heavy atom. The second-order valence-electron chi connectivity index (χ2n) is 13.6. The van der Waals surface area contributed by atoms with E-state index in [0.717, 1.165) is 16.8 Å². The molecule has 0 aliphatic carbocycles. The maximum Gasteiger partial charge on any atom is 0.128 e.